The van der Waals surface area contributed by atoms with E-state index in [1.807, 2.05) is 0 Å². The van der Waals surface area contributed by atoms with Crippen LogP contribution >= 0.6 is 0 Å². The molecule has 0 spiro atoms. The number of hydrogen-bond donors (Lipinski definition) is 1. The lowest BCUT2D eigenvalue weighted by molar-refractivity contribution is 0.204. The van der Waals surface area contributed by atoms with E-state index in [-0.39, 0.29) is 0 Å². The number of methoxy groups -OCH3 is 1. The van der Waals surface area contributed by atoms with Gasteiger partial charge in [-0.2, -0.15) is 0 Å². The highest BCUT2D eigenvalue weighted by Gasteiger charge is 2.31. The summed E-state index contributed by atoms with van der Waals surface area (Å²) in [6.07, 6.45) is 2.55. The van der Waals surface area contributed by atoms with E-state index in [1.165, 1.54) is 24.0 Å². The second-order valence-electron chi connectivity index (χ2n) is 6.34. The molecule has 1 saturated carbocycles. The summed E-state index contributed by atoms with van der Waals surface area (Å²) in [5, 5.41) is 3.53. The summed E-state index contributed by atoms with van der Waals surface area (Å²) in [5.41, 5.74) is 3.75. The van der Waals surface area contributed by atoms with Gasteiger partial charge in [-0.05, 0) is 38.3 Å². The van der Waals surface area contributed by atoms with E-state index in [1.54, 1.807) is 7.11 Å². The van der Waals surface area contributed by atoms with Crippen LogP contribution in [0.5, 0.6) is 0 Å². The molecule has 0 unspecified atom stereocenters. The number of nitrogens with zero attached hydrogens (tertiary/aromatic N) is 2. The Morgan fingerprint density at radius 3 is 2.67 bits per heavy atom. The highest BCUT2D eigenvalue weighted by atomic mass is 16.5. The maximum absolute atomic E-state index is 5.29. The summed E-state index contributed by atoms with van der Waals surface area (Å²) >= 11 is 0. The molecule has 0 radical (unpaired) electrons. The molecule has 1 aliphatic carbocycles. The molecule has 1 aliphatic rings. The molecule has 2 rings (SSSR count). The number of rotatable bonds is 8. The van der Waals surface area contributed by atoms with Gasteiger partial charge < -0.3 is 15.0 Å². The van der Waals surface area contributed by atoms with Gasteiger partial charge in [-0.15, -0.1) is 0 Å². The fourth-order valence-corrected chi connectivity index (χ4v) is 2.64. The van der Waals surface area contributed by atoms with Gasteiger partial charge in [0.05, 0.1) is 6.61 Å². The fraction of sp³-hybridized carbons (Fsp3) is 0.706. The summed E-state index contributed by atoms with van der Waals surface area (Å²) < 4.78 is 5.29. The lowest BCUT2D eigenvalue weighted by Gasteiger charge is -2.27. The third kappa shape index (κ3) is 4.42. The van der Waals surface area contributed by atoms with Crippen LogP contribution in [0.4, 0.5) is 5.82 Å². The smallest absolute Gasteiger partial charge is 0.133 e. The largest absolute Gasteiger partial charge is 0.383 e. The van der Waals surface area contributed by atoms with Crippen LogP contribution in [0.1, 0.15) is 43.5 Å². The standard InChI is InChI=1S/C17H29N3O/c1-12(2)18-11-16-13(3)10-14(4)19-17(16)20(8-9-21-5)15-6-7-15/h10,12,15,18H,6-9,11H2,1-5H3. The van der Waals surface area contributed by atoms with Gasteiger partial charge in [0.1, 0.15) is 5.82 Å². The van der Waals surface area contributed by atoms with Crippen molar-refractivity contribution in [2.45, 2.75) is 59.2 Å². The number of nitrogens with one attached hydrogen (secondary N) is 1. The first-order valence-corrected chi connectivity index (χ1v) is 7.99. The lowest BCUT2D eigenvalue weighted by Crippen LogP contribution is -2.33. The van der Waals surface area contributed by atoms with Crippen molar-refractivity contribution in [3.8, 4) is 0 Å². The quantitative estimate of drug-likeness (QED) is 0.799. The van der Waals surface area contributed by atoms with Gasteiger partial charge in [0.15, 0.2) is 0 Å². The highest BCUT2D eigenvalue weighted by molar-refractivity contribution is 5.53. The molecular formula is C17H29N3O. The molecule has 0 saturated heterocycles. The summed E-state index contributed by atoms with van der Waals surface area (Å²) in [5.74, 6) is 1.15. The number of hydrogen-bond acceptors (Lipinski definition) is 4. The highest BCUT2D eigenvalue weighted by Crippen LogP contribution is 2.33. The second-order valence-corrected chi connectivity index (χ2v) is 6.34. The van der Waals surface area contributed by atoms with Crippen molar-refractivity contribution in [2.75, 3.05) is 25.2 Å². The molecule has 4 heteroatoms. The average Bonchev–Trinajstić information content (AvgIpc) is 3.22. The van der Waals surface area contributed by atoms with Crippen molar-refractivity contribution >= 4 is 5.82 Å². The van der Waals surface area contributed by atoms with Crippen LogP contribution in [0.25, 0.3) is 0 Å². The minimum Gasteiger partial charge on any atom is -0.383 e. The molecule has 4 nitrogen and oxygen atoms in total. The van der Waals surface area contributed by atoms with Crippen LogP contribution in [0, 0.1) is 13.8 Å². The molecule has 1 heterocycles. The van der Waals surface area contributed by atoms with Gasteiger partial charge >= 0.3 is 0 Å². The lowest BCUT2D eigenvalue weighted by atomic mass is 10.1. The number of ether oxygens (including phenoxy) is 1. The van der Waals surface area contributed by atoms with E-state index in [0.717, 1.165) is 31.2 Å². The Bertz CT molecular complexity index is 469. The van der Waals surface area contributed by atoms with Gasteiger partial charge in [0.2, 0.25) is 0 Å². The Kier molecular flexibility index (Phi) is 5.59. The summed E-state index contributed by atoms with van der Waals surface area (Å²) in [6, 6.07) is 3.31. The third-order valence-corrected chi connectivity index (χ3v) is 3.94. The Morgan fingerprint density at radius 1 is 1.38 bits per heavy atom. The predicted molar refractivity (Wildman–Crippen MR) is 87.9 cm³/mol. The van der Waals surface area contributed by atoms with E-state index in [2.05, 4.69) is 44.0 Å². The first kappa shape index (κ1) is 16.2. The average molecular weight is 291 g/mol. The molecule has 1 N–H and O–H groups in total. The fourth-order valence-electron chi connectivity index (χ4n) is 2.64. The first-order valence-electron chi connectivity index (χ1n) is 7.99. The van der Waals surface area contributed by atoms with Gasteiger partial charge in [-0.1, -0.05) is 13.8 Å². The van der Waals surface area contributed by atoms with Crippen molar-refractivity contribution in [1.29, 1.82) is 0 Å². The number of pyridine rings is 1. The van der Waals surface area contributed by atoms with E-state index in [9.17, 15) is 0 Å². The van der Waals surface area contributed by atoms with Crippen molar-refractivity contribution in [3.05, 3.63) is 22.9 Å². The summed E-state index contributed by atoms with van der Waals surface area (Å²) in [4.78, 5) is 7.30. The van der Waals surface area contributed by atoms with Crippen LogP contribution in [0.3, 0.4) is 0 Å². The van der Waals surface area contributed by atoms with E-state index >= 15 is 0 Å². The van der Waals surface area contributed by atoms with Crippen LogP contribution in [0.2, 0.25) is 0 Å². The molecule has 1 aromatic rings. The summed E-state index contributed by atoms with van der Waals surface area (Å²) in [7, 11) is 1.77. The van der Waals surface area contributed by atoms with E-state index < -0.39 is 0 Å². The van der Waals surface area contributed by atoms with Gasteiger partial charge in [-0.25, -0.2) is 4.98 Å². The number of aryl methyl sites for hydroxylation is 2. The monoisotopic (exact) mass is 291 g/mol. The van der Waals surface area contributed by atoms with Crippen molar-refractivity contribution in [1.82, 2.24) is 10.3 Å². The molecular weight excluding hydrogens is 262 g/mol. The summed E-state index contributed by atoms with van der Waals surface area (Å²) in [6.45, 7) is 11.2. The molecule has 0 bridgehead atoms. The molecule has 0 amide bonds. The molecule has 21 heavy (non-hydrogen) atoms. The zero-order valence-electron chi connectivity index (χ0n) is 14.1. The maximum atomic E-state index is 5.29. The van der Waals surface area contributed by atoms with E-state index in [4.69, 9.17) is 9.72 Å². The van der Waals surface area contributed by atoms with Crippen molar-refractivity contribution in [3.63, 3.8) is 0 Å². The van der Waals surface area contributed by atoms with Crippen LogP contribution in [-0.4, -0.2) is 37.3 Å². The maximum Gasteiger partial charge on any atom is 0.133 e. The van der Waals surface area contributed by atoms with Crippen molar-refractivity contribution in [2.24, 2.45) is 0 Å². The van der Waals surface area contributed by atoms with Crippen LogP contribution < -0.4 is 10.2 Å². The van der Waals surface area contributed by atoms with Gasteiger partial charge in [-0.3, -0.25) is 0 Å². The minimum atomic E-state index is 0.479. The zero-order chi connectivity index (χ0) is 15.4. The molecule has 1 aromatic heterocycles. The van der Waals surface area contributed by atoms with Gasteiger partial charge in [0, 0.05) is 43.5 Å². The molecule has 0 aromatic carbocycles. The first-order chi connectivity index (χ1) is 10.0. The zero-order valence-corrected chi connectivity index (χ0v) is 14.1. The van der Waals surface area contributed by atoms with E-state index in [0.29, 0.717) is 12.1 Å². The predicted octanol–water partition coefficient (Wildman–Crippen LogP) is 2.81. The Hall–Kier alpha value is -1.13. The SMILES string of the molecule is COCCN(c1nc(C)cc(C)c1CNC(C)C)C1CC1. The topological polar surface area (TPSA) is 37.4 Å². The third-order valence-electron chi connectivity index (χ3n) is 3.94. The van der Waals surface area contributed by atoms with Crippen LogP contribution in [0.15, 0.2) is 6.07 Å². The minimum absolute atomic E-state index is 0.479. The molecule has 0 atom stereocenters. The number of anilines is 1. The number of aromatic nitrogens is 1. The Labute approximate surface area is 128 Å². The molecule has 118 valence electrons. The van der Waals surface area contributed by atoms with Gasteiger partial charge in [0.25, 0.3) is 0 Å². The molecule has 1 fully saturated rings. The Morgan fingerprint density at radius 2 is 2.10 bits per heavy atom. The molecule has 0 aliphatic heterocycles. The second kappa shape index (κ2) is 7.23. The van der Waals surface area contributed by atoms with Crippen LogP contribution in [-0.2, 0) is 11.3 Å². The van der Waals surface area contributed by atoms with Crippen molar-refractivity contribution < 1.29 is 4.74 Å². The Balaban J connectivity index is 2.29. The normalized spacial score (nSPS) is 14.8.